The minimum absolute atomic E-state index is 0.0362. The van der Waals surface area contributed by atoms with E-state index in [2.05, 4.69) is 21.2 Å². The van der Waals surface area contributed by atoms with E-state index in [-0.39, 0.29) is 5.91 Å². The summed E-state index contributed by atoms with van der Waals surface area (Å²) in [5.41, 5.74) is 1.86. The SMILES string of the molecule is O=C(NCCc1ccc(Cl)cc1)c1csc(Br)c1. The summed E-state index contributed by atoms with van der Waals surface area (Å²) in [6.45, 7) is 0.619. The van der Waals surface area contributed by atoms with E-state index in [1.807, 2.05) is 35.7 Å². The summed E-state index contributed by atoms with van der Waals surface area (Å²) >= 11 is 10.6. The molecule has 2 nitrogen and oxygen atoms in total. The molecule has 0 spiro atoms. The summed E-state index contributed by atoms with van der Waals surface area (Å²) in [6, 6.07) is 9.47. The first-order valence-electron chi connectivity index (χ1n) is 5.42. The maximum Gasteiger partial charge on any atom is 0.252 e. The molecule has 0 saturated carbocycles. The second-order valence-electron chi connectivity index (χ2n) is 3.77. The predicted molar refractivity (Wildman–Crippen MR) is 79.5 cm³/mol. The van der Waals surface area contributed by atoms with Crippen molar-refractivity contribution in [3.63, 3.8) is 0 Å². The highest BCUT2D eigenvalue weighted by Crippen LogP contribution is 2.20. The van der Waals surface area contributed by atoms with Crippen LogP contribution in [0.25, 0.3) is 0 Å². The maximum atomic E-state index is 11.8. The number of benzene rings is 1. The van der Waals surface area contributed by atoms with Gasteiger partial charge in [-0.05, 0) is 46.1 Å². The van der Waals surface area contributed by atoms with Crippen LogP contribution in [0.2, 0.25) is 5.02 Å². The molecule has 2 aromatic rings. The zero-order valence-electron chi connectivity index (χ0n) is 9.45. The molecular formula is C13H11BrClNOS. The molecule has 0 aliphatic carbocycles. The molecule has 5 heteroatoms. The lowest BCUT2D eigenvalue weighted by Gasteiger charge is -2.04. The second kappa shape index (κ2) is 6.36. The van der Waals surface area contributed by atoms with Crippen LogP contribution >= 0.6 is 38.9 Å². The molecular weight excluding hydrogens is 334 g/mol. The topological polar surface area (TPSA) is 29.1 Å². The molecule has 0 unspecified atom stereocenters. The number of hydrogen-bond acceptors (Lipinski definition) is 2. The second-order valence-corrected chi connectivity index (χ2v) is 6.50. The minimum Gasteiger partial charge on any atom is -0.352 e. The van der Waals surface area contributed by atoms with Crippen molar-refractivity contribution in [2.75, 3.05) is 6.54 Å². The van der Waals surface area contributed by atoms with Crippen LogP contribution in [0.15, 0.2) is 39.5 Å². The van der Waals surface area contributed by atoms with Crippen molar-refractivity contribution in [1.29, 1.82) is 0 Å². The fourth-order valence-corrected chi connectivity index (χ4v) is 2.77. The van der Waals surface area contributed by atoms with Crippen molar-refractivity contribution in [2.45, 2.75) is 6.42 Å². The molecule has 1 amide bonds. The number of rotatable bonds is 4. The van der Waals surface area contributed by atoms with Crippen LogP contribution in [-0.2, 0) is 6.42 Å². The van der Waals surface area contributed by atoms with Crippen LogP contribution in [0.4, 0.5) is 0 Å². The lowest BCUT2D eigenvalue weighted by Crippen LogP contribution is -2.25. The Bertz CT molecular complexity index is 538. The summed E-state index contributed by atoms with van der Waals surface area (Å²) < 4.78 is 0.963. The highest BCUT2D eigenvalue weighted by atomic mass is 79.9. The standard InChI is InChI=1S/C13H11BrClNOS/c14-12-7-10(8-18-12)13(17)16-6-5-9-1-3-11(15)4-2-9/h1-4,7-8H,5-6H2,(H,16,17). The van der Waals surface area contributed by atoms with E-state index in [4.69, 9.17) is 11.6 Å². The zero-order chi connectivity index (χ0) is 13.0. The maximum absolute atomic E-state index is 11.8. The number of carbonyl (C=O) groups is 1. The van der Waals surface area contributed by atoms with E-state index < -0.39 is 0 Å². The van der Waals surface area contributed by atoms with Gasteiger partial charge in [0.2, 0.25) is 0 Å². The number of amides is 1. The van der Waals surface area contributed by atoms with Gasteiger partial charge in [-0.15, -0.1) is 11.3 Å². The Morgan fingerprint density at radius 2 is 2.06 bits per heavy atom. The van der Waals surface area contributed by atoms with Crippen molar-refractivity contribution in [1.82, 2.24) is 5.32 Å². The first-order valence-corrected chi connectivity index (χ1v) is 7.47. The Kier molecular flexibility index (Phi) is 4.80. The van der Waals surface area contributed by atoms with Crippen molar-refractivity contribution in [3.05, 3.63) is 55.6 Å². The molecule has 0 atom stereocenters. The monoisotopic (exact) mass is 343 g/mol. The zero-order valence-corrected chi connectivity index (χ0v) is 12.6. The Morgan fingerprint density at radius 1 is 1.33 bits per heavy atom. The normalized spacial score (nSPS) is 10.3. The van der Waals surface area contributed by atoms with Gasteiger partial charge in [-0.2, -0.15) is 0 Å². The molecule has 0 aliphatic rings. The van der Waals surface area contributed by atoms with E-state index in [1.165, 1.54) is 11.3 Å². The molecule has 1 aromatic carbocycles. The molecule has 1 aromatic heterocycles. The van der Waals surface area contributed by atoms with E-state index >= 15 is 0 Å². The third-order valence-corrected chi connectivity index (χ3v) is 4.20. The molecule has 0 aliphatic heterocycles. The predicted octanol–water partition coefficient (Wildman–Crippen LogP) is 4.14. The van der Waals surface area contributed by atoms with E-state index in [0.29, 0.717) is 12.1 Å². The van der Waals surface area contributed by atoms with E-state index in [1.54, 1.807) is 0 Å². The third kappa shape index (κ3) is 3.83. The summed E-state index contributed by atoms with van der Waals surface area (Å²) in [5.74, 6) is -0.0362. The van der Waals surface area contributed by atoms with E-state index in [9.17, 15) is 4.79 Å². The molecule has 94 valence electrons. The molecule has 0 radical (unpaired) electrons. The van der Waals surface area contributed by atoms with Gasteiger partial charge in [0.1, 0.15) is 0 Å². The Morgan fingerprint density at radius 3 is 2.67 bits per heavy atom. The summed E-state index contributed by atoms with van der Waals surface area (Å²) in [4.78, 5) is 11.8. The Labute approximate surface area is 123 Å². The number of hydrogen-bond donors (Lipinski definition) is 1. The largest absolute Gasteiger partial charge is 0.352 e. The molecule has 0 fully saturated rings. The molecule has 0 bridgehead atoms. The van der Waals surface area contributed by atoms with Gasteiger partial charge >= 0.3 is 0 Å². The third-order valence-electron chi connectivity index (χ3n) is 2.44. The van der Waals surface area contributed by atoms with Gasteiger partial charge < -0.3 is 5.32 Å². The van der Waals surface area contributed by atoms with Crippen LogP contribution in [0.3, 0.4) is 0 Å². The van der Waals surface area contributed by atoms with E-state index in [0.717, 1.165) is 20.8 Å². The molecule has 2 rings (SSSR count). The fraction of sp³-hybridized carbons (Fsp3) is 0.154. The summed E-state index contributed by atoms with van der Waals surface area (Å²) in [7, 11) is 0. The smallest absolute Gasteiger partial charge is 0.252 e. The summed E-state index contributed by atoms with van der Waals surface area (Å²) in [5, 5.41) is 5.45. The molecule has 18 heavy (non-hydrogen) atoms. The Hall–Kier alpha value is -0.840. The van der Waals surface area contributed by atoms with Gasteiger partial charge in [-0.3, -0.25) is 4.79 Å². The van der Waals surface area contributed by atoms with Crippen LogP contribution in [0.1, 0.15) is 15.9 Å². The number of halogens is 2. The minimum atomic E-state index is -0.0362. The lowest BCUT2D eigenvalue weighted by atomic mass is 10.1. The first-order chi connectivity index (χ1) is 8.65. The van der Waals surface area contributed by atoms with Gasteiger partial charge in [0.25, 0.3) is 5.91 Å². The average molecular weight is 345 g/mol. The van der Waals surface area contributed by atoms with Crippen LogP contribution in [0.5, 0.6) is 0 Å². The molecule has 1 N–H and O–H groups in total. The quantitative estimate of drug-likeness (QED) is 0.887. The molecule has 1 heterocycles. The molecule has 0 saturated heterocycles. The average Bonchev–Trinajstić information content (AvgIpc) is 2.78. The highest BCUT2D eigenvalue weighted by molar-refractivity contribution is 9.11. The van der Waals surface area contributed by atoms with Gasteiger partial charge in [0, 0.05) is 16.9 Å². The number of nitrogens with one attached hydrogen (secondary N) is 1. The number of carbonyl (C=O) groups excluding carboxylic acids is 1. The van der Waals surface area contributed by atoms with Crippen molar-refractivity contribution >= 4 is 44.8 Å². The number of thiophene rings is 1. The highest BCUT2D eigenvalue weighted by Gasteiger charge is 2.06. The van der Waals surface area contributed by atoms with Crippen molar-refractivity contribution < 1.29 is 4.79 Å². The van der Waals surface area contributed by atoms with Crippen LogP contribution < -0.4 is 5.32 Å². The van der Waals surface area contributed by atoms with Crippen molar-refractivity contribution in [3.8, 4) is 0 Å². The first kappa shape index (κ1) is 13.6. The van der Waals surface area contributed by atoms with Crippen LogP contribution in [-0.4, -0.2) is 12.5 Å². The Balaban J connectivity index is 1.82. The summed E-state index contributed by atoms with van der Waals surface area (Å²) in [6.07, 6.45) is 0.800. The van der Waals surface area contributed by atoms with Gasteiger partial charge in [-0.25, -0.2) is 0 Å². The fourth-order valence-electron chi connectivity index (χ4n) is 1.50. The van der Waals surface area contributed by atoms with Gasteiger partial charge in [0.15, 0.2) is 0 Å². The van der Waals surface area contributed by atoms with Gasteiger partial charge in [0.05, 0.1) is 9.35 Å². The van der Waals surface area contributed by atoms with Gasteiger partial charge in [-0.1, -0.05) is 23.7 Å². The van der Waals surface area contributed by atoms with Crippen molar-refractivity contribution in [2.24, 2.45) is 0 Å². The van der Waals surface area contributed by atoms with Crippen LogP contribution in [0, 0.1) is 0 Å². The lowest BCUT2D eigenvalue weighted by molar-refractivity contribution is 0.0954.